The van der Waals surface area contributed by atoms with E-state index in [0.29, 0.717) is 12.3 Å². The van der Waals surface area contributed by atoms with Crippen molar-refractivity contribution in [2.45, 2.75) is 19.8 Å². The number of hydrogen-bond donors (Lipinski definition) is 1. The number of nitrogens with zero attached hydrogens (tertiary/aromatic N) is 2. The number of rotatable bonds is 5. The highest BCUT2D eigenvalue weighted by atomic mass is 16.6. The van der Waals surface area contributed by atoms with Gasteiger partial charge in [-0.1, -0.05) is 0 Å². The van der Waals surface area contributed by atoms with Crippen molar-refractivity contribution in [3.05, 3.63) is 33.4 Å². The van der Waals surface area contributed by atoms with E-state index in [1.54, 1.807) is 12.1 Å². The minimum Gasteiger partial charge on any atom is -0.490 e. The van der Waals surface area contributed by atoms with Gasteiger partial charge in [-0.3, -0.25) is 14.9 Å². The number of benzene rings is 1. The van der Waals surface area contributed by atoms with Gasteiger partial charge in [0.05, 0.1) is 12.0 Å². The Morgan fingerprint density at radius 1 is 1.36 bits per heavy atom. The molecule has 1 N–H and O–H groups in total. The van der Waals surface area contributed by atoms with Crippen molar-refractivity contribution in [3.8, 4) is 5.75 Å². The Morgan fingerprint density at radius 2 is 2.00 bits per heavy atom. The highest BCUT2D eigenvalue weighted by molar-refractivity contribution is 5.72. The molecule has 1 aromatic rings. The SMILES string of the molecule is COc1cc2c(cc1[N+](=O)[O-])CCN(CCNC(C)=O)CC2. The second-order valence-electron chi connectivity index (χ2n) is 5.37. The van der Waals surface area contributed by atoms with Crippen LogP contribution in [0.25, 0.3) is 0 Å². The van der Waals surface area contributed by atoms with E-state index in [2.05, 4.69) is 10.2 Å². The number of carbonyl (C=O) groups excluding carboxylic acids is 1. The fraction of sp³-hybridized carbons (Fsp3) is 0.533. The first-order chi connectivity index (χ1) is 10.5. The zero-order valence-corrected chi connectivity index (χ0v) is 12.9. The molecule has 1 amide bonds. The molecule has 7 nitrogen and oxygen atoms in total. The maximum Gasteiger partial charge on any atom is 0.311 e. The number of amides is 1. The Bertz CT molecular complexity index is 574. The Balaban J connectivity index is 2.08. The summed E-state index contributed by atoms with van der Waals surface area (Å²) in [5, 5.41) is 13.9. The van der Waals surface area contributed by atoms with E-state index in [9.17, 15) is 14.9 Å². The van der Waals surface area contributed by atoms with Crippen molar-refractivity contribution >= 4 is 11.6 Å². The molecule has 0 aromatic heterocycles. The summed E-state index contributed by atoms with van der Waals surface area (Å²) in [5.41, 5.74) is 2.13. The summed E-state index contributed by atoms with van der Waals surface area (Å²) in [6, 6.07) is 3.41. The van der Waals surface area contributed by atoms with Crippen molar-refractivity contribution in [2.75, 3.05) is 33.3 Å². The molecule has 0 radical (unpaired) electrons. The standard InChI is InChI=1S/C15H21N3O4/c1-11(19)16-5-8-17-6-3-12-9-14(18(20)21)15(22-2)10-13(12)4-7-17/h9-10H,3-8H2,1-2H3,(H,16,19). The maximum atomic E-state index is 11.1. The van der Waals surface area contributed by atoms with Gasteiger partial charge in [0, 0.05) is 39.2 Å². The van der Waals surface area contributed by atoms with E-state index in [0.717, 1.165) is 43.6 Å². The number of carbonyl (C=O) groups is 1. The molecule has 0 bridgehead atoms. The molecule has 2 rings (SSSR count). The van der Waals surface area contributed by atoms with Crippen LogP contribution < -0.4 is 10.1 Å². The second kappa shape index (κ2) is 7.22. The van der Waals surface area contributed by atoms with Gasteiger partial charge in [0.25, 0.3) is 0 Å². The number of methoxy groups -OCH3 is 1. The fourth-order valence-corrected chi connectivity index (χ4v) is 2.71. The number of nitro groups is 1. The van der Waals surface area contributed by atoms with Crippen LogP contribution in [0.1, 0.15) is 18.1 Å². The molecular formula is C15H21N3O4. The largest absolute Gasteiger partial charge is 0.490 e. The van der Waals surface area contributed by atoms with Gasteiger partial charge < -0.3 is 15.0 Å². The molecule has 7 heteroatoms. The molecule has 0 saturated heterocycles. The first-order valence-corrected chi connectivity index (χ1v) is 7.32. The Morgan fingerprint density at radius 3 is 2.55 bits per heavy atom. The first-order valence-electron chi connectivity index (χ1n) is 7.32. The number of nitro benzene ring substituents is 1. The minimum absolute atomic E-state index is 0.0212. The van der Waals surface area contributed by atoms with Crippen LogP contribution in [0.2, 0.25) is 0 Å². The Kier molecular flexibility index (Phi) is 5.32. The topological polar surface area (TPSA) is 84.7 Å². The van der Waals surface area contributed by atoms with Crippen LogP contribution in [-0.2, 0) is 17.6 Å². The van der Waals surface area contributed by atoms with Crippen LogP contribution in [0, 0.1) is 10.1 Å². The van der Waals surface area contributed by atoms with Crippen LogP contribution in [0.5, 0.6) is 5.75 Å². The van der Waals surface area contributed by atoms with Crippen LogP contribution in [0.4, 0.5) is 5.69 Å². The molecule has 1 heterocycles. The van der Waals surface area contributed by atoms with E-state index < -0.39 is 4.92 Å². The first kappa shape index (κ1) is 16.2. The summed E-state index contributed by atoms with van der Waals surface area (Å²) in [7, 11) is 1.45. The van der Waals surface area contributed by atoms with Crippen LogP contribution in [0.15, 0.2) is 12.1 Å². The summed E-state index contributed by atoms with van der Waals surface area (Å²) in [6.45, 7) is 4.61. The summed E-state index contributed by atoms with van der Waals surface area (Å²) in [6.07, 6.45) is 1.59. The van der Waals surface area contributed by atoms with Gasteiger partial charge >= 0.3 is 5.69 Å². The van der Waals surface area contributed by atoms with Crippen LogP contribution in [0.3, 0.4) is 0 Å². The van der Waals surface area contributed by atoms with Crippen molar-refractivity contribution < 1.29 is 14.5 Å². The molecule has 0 fully saturated rings. The quantitative estimate of drug-likeness (QED) is 0.651. The summed E-state index contributed by atoms with van der Waals surface area (Å²) < 4.78 is 5.13. The lowest BCUT2D eigenvalue weighted by Gasteiger charge is -2.19. The molecule has 0 atom stereocenters. The predicted octanol–water partition coefficient (Wildman–Crippen LogP) is 1.14. The Labute approximate surface area is 129 Å². The van der Waals surface area contributed by atoms with Crippen molar-refractivity contribution in [1.29, 1.82) is 0 Å². The molecule has 0 saturated carbocycles. The summed E-state index contributed by atoms with van der Waals surface area (Å²) in [4.78, 5) is 23.8. The zero-order chi connectivity index (χ0) is 16.1. The lowest BCUT2D eigenvalue weighted by molar-refractivity contribution is -0.385. The Hall–Kier alpha value is -2.15. The van der Waals surface area contributed by atoms with Gasteiger partial charge in [0.1, 0.15) is 0 Å². The van der Waals surface area contributed by atoms with Gasteiger partial charge in [0.2, 0.25) is 5.91 Å². The van der Waals surface area contributed by atoms with Crippen molar-refractivity contribution in [1.82, 2.24) is 10.2 Å². The van der Waals surface area contributed by atoms with Gasteiger partial charge in [-0.05, 0) is 30.0 Å². The molecule has 22 heavy (non-hydrogen) atoms. The van der Waals surface area contributed by atoms with E-state index >= 15 is 0 Å². The molecule has 0 spiro atoms. The van der Waals surface area contributed by atoms with Gasteiger partial charge in [0.15, 0.2) is 5.75 Å². The van der Waals surface area contributed by atoms with E-state index in [1.165, 1.54) is 14.0 Å². The van der Waals surface area contributed by atoms with Crippen molar-refractivity contribution in [3.63, 3.8) is 0 Å². The van der Waals surface area contributed by atoms with Crippen LogP contribution >= 0.6 is 0 Å². The lowest BCUT2D eigenvalue weighted by Crippen LogP contribution is -2.35. The van der Waals surface area contributed by atoms with E-state index in [-0.39, 0.29) is 11.6 Å². The molecular weight excluding hydrogens is 286 g/mol. The smallest absolute Gasteiger partial charge is 0.311 e. The number of hydrogen-bond acceptors (Lipinski definition) is 5. The molecule has 0 unspecified atom stereocenters. The molecule has 1 aliphatic rings. The molecule has 1 aromatic carbocycles. The average Bonchev–Trinajstić information content (AvgIpc) is 2.67. The monoisotopic (exact) mass is 307 g/mol. The normalized spacial score (nSPS) is 14.8. The minimum atomic E-state index is -0.404. The fourth-order valence-electron chi connectivity index (χ4n) is 2.71. The lowest BCUT2D eigenvalue weighted by atomic mass is 10.0. The third kappa shape index (κ3) is 3.94. The maximum absolute atomic E-state index is 11.1. The second-order valence-corrected chi connectivity index (χ2v) is 5.37. The molecule has 120 valence electrons. The average molecular weight is 307 g/mol. The third-order valence-electron chi connectivity index (χ3n) is 3.89. The zero-order valence-electron chi connectivity index (χ0n) is 12.9. The van der Waals surface area contributed by atoms with Gasteiger partial charge in [-0.25, -0.2) is 0 Å². The highest BCUT2D eigenvalue weighted by Gasteiger charge is 2.21. The predicted molar refractivity (Wildman–Crippen MR) is 82.2 cm³/mol. The highest BCUT2D eigenvalue weighted by Crippen LogP contribution is 2.32. The number of fused-ring (bicyclic) bond motifs is 1. The van der Waals surface area contributed by atoms with E-state index in [4.69, 9.17) is 4.74 Å². The van der Waals surface area contributed by atoms with Gasteiger partial charge in [-0.15, -0.1) is 0 Å². The number of ether oxygens (including phenoxy) is 1. The van der Waals surface area contributed by atoms with Gasteiger partial charge in [-0.2, -0.15) is 0 Å². The van der Waals surface area contributed by atoms with Crippen LogP contribution in [-0.4, -0.2) is 49.0 Å². The summed E-state index contributed by atoms with van der Waals surface area (Å²) >= 11 is 0. The summed E-state index contributed by atoms with van der Waals surface area (Å²) in [5.74, 6) is 0.286. The van der Waals surface area contributed by atoms with Crippen molar-refractivity contribution in [2.24, 2.45) is 0 Å². The van der Waals surface area contributed by atoms with E-state index in [1.807, 2.05) is 0 Å². The third-order valence-corrected chi connectivity index (χ3v) is 3.89. The number of nitrogens with one attached hydrogen (secondary N) is 1. The molecule has 0 aliphatic carbocycles. The molecule has 1 aliphatic heterocycles.